The van der Waals surface area contributed by atoms with E-state index < -0.39 is 6.04 Å². The first-order chi connectivity index (χ1) is 9.54. The Bertz CT molecular complexity index is 416. The van der Waals surface area contributed by atoms with E-state index in [-0.39, 0.29) is 17.4 Å². The minimum atomic E-state index is -0.577. The van der Waals surface area contributed by atoms with E-state index in [1.807, 2.05) is 6.08 Å². The average molecular weight is 274 g/mol. The Morgan fingerprint density at radius 2 is 2.25 bits per heavy atom. The zero-order valence-electron chi connectivity index (χ0n) is 12.2. The molecule has 0 aromatic heterocycles. The highest BCUT2D eigenvalue weighted by Gasteiger charge is 2.42. The van der Waals surface area contributed by atoms with Gasteiger partial charge in [0.25, 0.3) is 0 Å². The lowest BCUT2D eigenvalue weighted by molar-refractivity contribution is -0.134. The van der Waals surface area contributed by atoms with E-state index in [1.165, 1.54) is 0 Å². The first-order valence-corrected chi connectivity index (χ1v) is 7.43. The minimum absolute atomic E-state index is 0.126. The fraction of sp³-hybridized carbons (Fsp3) is 0.688. The molecule has 2 saturated carbocycles. The Morgan fingerprint density at radius 1 is 1.65 bits per heavy atom. The van der Waals surface area contributed by atoms with Crippen molar-refractivity contribution in [3.63, 3.8) is 0 Å². The van der Waals surface area contributed by atoms with Crippen LogP contribution in [0.3, 0.4) is 0 Å². The quantitative estimate of drug-likeness (QED) is 0.753. The Labute approximate surface area is 121 Å². The lowest BCUT2D eigenvalue weighted by atomic mass is 9.78. The van der Waals surface area contributed by atoms with E-state index in [0.717, 1.165) is 38.5 Å². The number of hydrogen-bond donors (Lipinski definition) is 1. The van der Waals surface area contributed by atoms with Gasteiger partial charge in [0, 0.05) is 12.5 Å². The molecule has 2 rings (SSSR count). The van der Waals surface area contributed by atoms with Crippen molar-refractivity contribution < 1.29 is 4.79 Å². The SMILES string of the molecule is C=CC1([C@H](N)C(=O)N(C)C(C#N)CC2[CH]C2)CCCC1. The lowest BCUT2D eigenvalue weighted by Crippen LogP contribution is -2.53. The lowest BCUT2D eigenvalue weighted by Gasteiger charge is -2.35. The summed E-state index contributed by atoms with van der Waals surface area (Å²) in [4.78, 5) is 14.1. The topological polar surface area (TPSA) is 70.1 Å². The van der Waals surface area contributed by atoms with Gasteiger partial charge < -0.3 is 10.6 Å². The van der Waals surface area contributed by atoms with Crippen molar-refractivity contribution in [1.82, 2.24) is 4.90 Å². The molecule has 0 aromatic rings. The maximum atomic E-state index is 12.6. The van der Waals surface area contributed by atoms with Crippen LogP contribution < -0.4 is 5.73 Å². The van der Waals surface area contributed by atoms with Crippen LogP contribution in [-0.2, 0) is 4.79 Å². The third-order valence-corrected chi connectivity index (χ3v) is 4.89. The Morgan fingerprint density at radius 3 is 2.70 bits per heavy atom. The van der Waals surface area contributed by atoms with Gasteiger partial charge in [-0.05, 0) is 38.0 Å². The van der Waals surface area contributed by atoms with Crippen molar-refractivity contribution in [1.29, 1.82) is 5.26 Å². The fourth-order valence-corrected chi connectivity index (χ4v) is 3.17. The third kappa shape index (κ3) is 2.88. The predicted molar refractivity (Wildman–Crippen MR) is 78.3 cm³/mol. The zero-order chi connectivity index (χ0) is 14.8. The zero-order valence-corrected chi connectivity index (χ0v) is 12.2. The third-order valence-electron chi connectivity index (χ3n) is 4.89. The van der Waals surface area contributed by atoms with Crippen LogP contribution in [0.1, 0.15) is 38.5 Å². The summed E-state index contributed by atoms with van der Waals surface area (Å²) in [5.41, 5.74) is 5.95. The maximum absolute atomic E-state index is 12.6. The summed E-state index contributed by atoms with van der Waals surface area (Å²) in [6.07, 6.45) is 9.84. The molecule has 0 aromatic carbocycles. The second kappa shape index (κ2) is 5.97. The Kier molecular flexibility index (Phi) is 4.49. The monoisotopic (exact) mass is 274 g/mol. The largest absolute Gasteiger partial charge is 0.328 e. The predicted octanol–water partition coefficient (Wildman–Crippen LogP) is 2.02. The molecule has 2 N–H and O–H groups in total. The summed E-state index contributed by atoms with van der Waals surface area (Å²) in [6.45, 7) is 3.88. The Hall–Kier alpha value is -1.34. The average Bonchev–Trinajstić information content (AvgIpc) is 3.16. The van der Waals surface area contributed by atoms with Crippen molar-refractivity contribution >= 4 is 5.91 Å². The number of carbonyl (C=O) groups excluding carboxylic acids is 1. The van der Waals surface area contributed by atoms with Gasteiger partial charge in [-0.15, -0.1) is 6.58 Å². The first kappa shape index (κ1) is 15.1. The number of nitrogens with two attached hydrogens (primary N) is 1. The second-order valence-electron chi connectivity index (χ2n) is 6.18. The second-order valence-corrected chi connectivity index (χ2v) is 6.18. The van der Waals surface area contributed by atoms with Gasteiger partial charge in [0.2, 0.25) is 5.91 Å². The van der Waals surface area contributed by atoms with E-state index in [2.05, 4.69) is 19.1 Å². The molecule has 2 aliphatic carbocycles. The van der Waals surface area contributed by atoms with E-state index in [1.54, 1.807) is 11.9 Å². The first-order valence-electron chi connectivity index (χ1n) is 7.43. The molecular formula is C16H24N3O. The molecule has 20 heavy (non-hydrogen) atoms. The standard InChI is InChI=1S/C16H24N3O/c1-3-16(8-4-5-9-16)14(18)15(20)19(2)13(11-17)10-12-6-7-12/h3,6,12-14H,1,4-5,7-10,18H2,2H3/t12?,13?,14-/m1/s1. The molecule has 109 valence electrons. The van der Waals surface area contributed by atoms with Crippen LogP contribution in [-0.4, -0.2) is 29.9 Å². The highest BCUT2D eigenvalue weighted by Crippen LogP contribution is 2.42. The van der Waals surface area contributed by atoms with Crippen LogP contribution in [0.2, 0.25) is 0 Å². The van der Waals surface area contributed by atoms with Gasteiger partial charge in [-0.2, -0.15) is 5.26 Å². The molecule has 2 fully saturated rings. The molecule has 1 amide bonds. The van der Waals surface area contributed by atoms with Crippen molar-refractivity contribution in [2.75, 3.05) is 7.05 Å². The summed E-state index contributed by atoms with van der Waals surface area (Å²) in [5.74, 6) is 0.366. The fourth-order valence-electron chi connectivity index (χ4n) is 3.17. The highest BCUT2D eigenvalue weighted by molar-refractivity contribution is 5.83. The Balaban J connectivity index is 2.04. The normalized spacial score (nSPS) is 23.6. The molecule has 0 aliphatic heterocycles. The number of hydrogen-bond acceptors (Lipinski definition) is 3. The summed E-state index contributed by atoms with van der Waals surface area (Å²) >= 11 is 0. The van der Waals surface area contributed by atoms with Gasteiger partial charge >= 0.3 is 0 Å². The van der Waals surface area contributed by atoms with Crippen molar-refractivity contribution in [3.05, 3.63) is 19.1 Å². The molecule has 0 heterocycles. The molecule has 0 bridgehead atoms. The van der Waals surface area contributed by atoms with Crippen LogP contribution in [0.5, 0.6) is 0 Å². The van der Waals surface area contributed by atoms with Gasteiger partial charge in [0.1, 0.15) is 6.04 Å². The minimum Gasteiger partial charge on any atom is -0.328 e. The molecule has 4 heteroatoms. The summed E-state index contributed by atoms with van der Waals surface area (Å²) in [7, 11) is 1.70. The number of nitriles is 1. The molecule has 1 radical (unpaired) electrons. The van der Waals surface area contributed by atoms with Gasteiger partial charge in [0.05, 0.1) is 12.1 Å². The molecule has 3 atom stereocenters. The molecule has 0 saturated heterocycles. The number of likely N-dealkylation sites (N-methyl/N-ethyl adjacent to an activating group) is 1. The van der Waals surface area contributed by atoms with Gasteiger partial charge in [-0.3, -0.25) is 4.79 Å². The molecule has 0 spiro atoms. The van der Waals surface area contributed by atoms with E-state index >= 15 is 0 Å². The summed E-state index contributed by atoms with van der Waals surface area (Å²) < 4.78 is 0. The van der Waals surface area contributed by atoms with Crippen molar-refractivity contribution in [2.24, 2.45) is 17.1 Å². The van der Waals surface area contributed by atoms with Crippen LogP contribution in [0.15, 0.2) is 12.7 Å². The van der Waals surface area contributed by atoms with Crippen molar-refractivity contribution in [2.45, 2.75) is 50.6 Å². The van der Waals surface area contributed by atoms with E-state index in [9.17, 15) is 10.1 Å². The van der Waals surface area contributed by atoms with E-state index in [4.69, 9.17) is 5.73 Å². The van der Waals surface area contributed by atoms with Gasteiger partial charge in [0.15, 0.2) is 0 Å². The van der Waals surface area contributed by atoms with Crippen molar-refractivity contribution in [3.8, 4) is 6.07 Å². The number of rotatable bonds is 6. The van der Waals surface area contributed by atoms with E-state index in [0.29, 0.717) is 5.92 Å². The number of amides is 1. The molecule has 2 aliphatic rings. The number of carbonyl (C=O) groups is 1. The maximum Gasteiger partial charge on any atom is 0.241 e. The van der Waals surface area contributed by atoms with Gasteiger partial charge in [-0.1, -0.05) is 18.9 Å². The smallest absolute Gasteiger partial charge is 0.241 e. The van der Waals surface area contributed by atoms with Crippen LogP contribution in [0.4, 0.5) is 0 Å². The van der Waals surface area contributed by atoms with Crippen LogP contribution in [0.25, 0.3) is 0 Å². The highest BCUT2D eigenvalue weighted by atomic mass is 16.2. The van der Waals surface area contributed by atoms with Crippen LogP contribution in [0, 0.1) is 29.1 Å². The summed E-state index contributed by atoms with van der Waals surface area (Å²) in [5, 5.41) is 9.27. The van der Waals surface area contributed by atoms with Gasteiger partial charge in [-0.25, -0.2) is 0 Å². The molecule has 2 unspecified atom stereocenters. The van der Waals surface area contributed by atoms with Crippen LogP contribution >= 0.6 is 0 Å². The molecular weight excluding hydrogens is 250 g/mol. The summed E-state index contributed by atoms with van der Waals surface area (Å²) in [6, 6.07) is 1.28. The number of nitrogens with zero attached hydrogens (tertiary/aromatic N) is 2. The molecule has 4 nitrogen and oxygen atoms in total.